The molecule has 0 atom stereocenters. The molecule has 138 valence electrons. The Kier molecular flexibility index (Phi) is 5.25. The summed E-state index contributed by atoms with van der Waals surface area (Å²) in [7, 11) is 0. The Morgan fingerprint density at radius 1 is 1.23 bits per heavy atom. The molecule has 6 nitrogen and oxygen atoms in total. The largest absolute Gasteiger partial charge is 0.444 e. The molecule has 1 aliphatic heterocycles. The topological polar surface area (TPSA) is 67.3 Å². The van der Waals surface area contributed by atoms with Crippen LogP contribution in [0.25, 0.3) is 0 Å². The lowest BCUT2D eigenvalue weighted by Crippen LogP contribution is -2.40. The van der Waals surface area contributed by atoms with Gasteiger partial charge in [0.05, 0.1) is 12.2 Å². The number of carbonyl (C=O) groups excluding carboxylic acids is 1. The summed E-state index contributed by atoms with van der Waals surface area (Å²) in [4.78, 5) is 22.8. The maximum Gasteiger partial charge on any atom is 0.410 e. The molecule has 1 aliphatic rings. The summed E-state index contributed by atoms with van der Waals surface area (Å²) >= 11 is 12.0. The highest BCUT2D eigenvalue weighted by atomic mass is 35.5. The van der Waals surface area contributed by atoms with E-state index < -0.39 is 5.60 Å². The maximum absolute atomic E-state index is 12.2. The number of hydrogen-bond acceptors (Lipinski definition) is 5. The van der Waals surface area contributed by atoms with Crippen LogP contribution in [-0.2, 0) is 17.7 Å². The minimum atomic E-state index is -0.514. The maximum atomic E-state index is 12.2. The van der Waals surface area contributed by atoms with Crippen molar-refractivity contribution >= 4 is 40.9 Å². The molecule has 0 saturated carbocycles. The molecule has 0 radical (unpaired) electrons. The van der Waals surface area contributed by atoms with Gasteiger partial charge in [0.1, 0.15) is 5.60 Å². The Morgan fingerprint density at radius 2 is 1.92 bits per heavy atom. The third kappa shape index (κ3) is 4.77. The third-order valence-electron chi connectivity index (χ3n) is 3.70. The number of rotatable bonds is 2. The third-order valence-corrected chi connectivity index (χ3v) is 4.14. The fraction of sp³-hybridized carbons (Fsp3) is 0.389. The number of benzene rings is 1. The van der Waals surface area contributed by atoms with Crippen molar-refractivity contribution in [1.82, 2.24) is 14.9 Å². The second-order valence-electron chi connectivity index (χ2n) is 7.10. The lowest BCUT2D eigenvalue weighted by atomic mass is 10.1. The number of anilines is 2. The molecule has 0 bridgehead atoms. The minimum Gasteiger partial charge on any atom is -0.444 e. The molecule has 0 unspecified atom stereocenters. The standard InChI is InChI=1S/C18H20Cl2N4O2/c1-18(2,3)26-17(25)24-5-4-15-11(10-24)9-21-16(23-15)22-14-7-12(19)6-13(20)8-14/h6-9H,4-5,10H2,1-3H3,(H,21,22,23). The van der Waals surface area contributed by atoms with Crippen molar-refractivity contribution in [1.29, 1.82) is 0 Å². The van der Waals surface area contributed by atoms with Crippen LogP contribution in [0, 0.1) is 0 Å². The van der Waals surface area contributed by atoms with E-state index in [1.807, 2.05) is 20.8 Å². The molecule has 1 aromatic heterocycles. The summed E-state index contributed by atoms with van der Waals surface area (Å²) in [6.07, 6.45) is 2.05. The molecule has 2 aromatic rings. The Balaban J connectivity index is 1.72. The molecule has 1 aromatic carbocycles. The van der Waals surface area contributed by atoms with Crippen molar-refractivity contribution in [3.8, 4) is 0 Å². The van der Waals surface area contributed by atoms with E-state index in [2.05, 4.69) is 15.3 Å². The van der Waals surface area contributed by atoms with E-state index in [9.17, 15) is 4.79 Å². The van der Waals surface area contributed by atoms with Gasteiger partial charge in [0.25, 0.3) is 0 Å². The van der Waals surface area contributed by atoms with Crippen LogP contribution in [-0.4, -0.2) is 33.1 Å². The van der Waals surface area contributed by atoms with Crippen molar-refractivity contribution < 1.29 is 9.53 Å². The van der Waals surface area contributed by atoms with E-state index in [0.29, 0.717) is 41.2 Å². The first-order valence-electron chi connectivity index (χ1n) is 8.25. The zero-order valence-electron chi connectivity index (χ0n) is 14.8. The highest BCUT2D eigenvalue weighted by molar-refractivity contribution is 6.35. The Hall–Kier alpha value is -2.05. The molecule has 0 fully saturated rings. The van der Waals surface area contributed by atoms with E-state index in [1.54, 1.807) is 29.3 Å². The highest BCUT2D eigenvalue weighted by Gasteiger charge is 2.26. The number of amides is 1. The number of halogens is 2. The Morgan fingerprint density at radius 3 is 2.58 bits per heavy atom. The monoisotopic (exact) mass is 394 g/mol. The van der Waals surface area contributed by atoms with Gasteiger partial charge in [0.15, 0.2) is 0 Å². The number of carbonyl (C=O) groups is 1. The summed E-state index contributed by atoms with van der Waals surface area (Å²) in [5, 5.41) is 4.17. The first-order chi connectivity index (χ1) is 12.2. The van der Waals surface area contributed by atoms with Crippen LogP contribution in [0.1, 0.15) is 32.0 Å². The fourth-order valence-electron chi connectivity index (χ4n) is 2.61. The van der Waals surface area contributed by atoms with Crippen LogP contribution in [0.15, 0.2) is 24.4 Å². The molecule has 3 rings (SSSR count). The quantitative estimate of drug-likeness (QED) is 0.790. The highest BCUT2D eigenvalue weighted by Crippen LogP contribution is 2.25. The first kappa shape index (κ1) is 18.7. The van der Waals surface area contributed by atoms with Gasteiger partial charge in [-0.05, 0) is 39.0 Å². The van der Waals surface area contributed by atoms with Crippen LogP contribution in [0.3, 0.4) is 0 Å². The van der Waals surface area contributed by atoms with Crippen molar-refractivity contribution in [2.45, 2.75) is 39.3 Å². The average Bonchev–Trinajstić information content (AvgIpc) is 2.51. The van der Waals surface area contributed by atoms with Gasteiger partial charge in [-0.1, -0.05) is 23.2 Å². The van der Waals surface area contributed by atoms with E-state index in [1.165, 1.54) is 0 Å². The lowest BCUT2D eigenvalue weighted by molar-refractivity contribution is 0.0222. The molecule has 0 saturated heterocycles. The molecule has 0 spiro atoms. The summed E-state index contributed by atoms with van der Waals surface area (Å²) in [6.45, 7) is 6.55. The number of nitrogens with one attached hydrogen (secondary N) is 1. The van der Waals surface area contributed by atoms with Crippen molar-refractivity contribution in [3.63, 3.8) is 0 Å². The zero-order chi connectivity index (χ0) is 18.9. The minimum absolute atomic E-state index is 0.320. The zero-order valence-corrected chi connectivity index (χ0v) is 16.4. The number of hydrogen-bond donors (Lipinski definition) is 1. The number of fused-ring (bicyclic) bond motifs is 1. The van der Waals surface area contributed by atoms with Crippen molar-refractivity contribution in [2.24, 2.45) is 0 Å². The molecular weight excluding hydrogens is 375 g/mol. The molecular formula is C18H20Cl2N4O2. The van der Waals surface area contributed by atoms with Gasteiger partial charge in [0, 0.05) is 40.5 Å². The van der Waals surface area contributed by atoms with Crippen LogP contribution in [0.4, 0.5) is 16.4 Å². The predicted octanol–water partition coefficient (Wildman–Crippen LogP) is 4.82. The van der Waals surface area contributed by atoms with E-state index >= 15 is 0 Å². The van der Waals surface area contributed by atoms with Gasteiger partial charge in [-0.25, -0.2) is 14.8 Å². The van der Waals surface area contributed by atoms with E-state index in [0.717, 1.165) is 11.3 Å². The first-order valence-corrected chi connectivity index (χ1v) is 9.01. The van der Waals surface area contributed by atoms with Gasteiger partial charge in [0.2, 0.25) is 5.95 Å². The van der Waals surface area contributed by atoms with Gasteiger partial charge in [-0.15, -0.1) is 0 Å². The van der Waals surface area contributed by atoms with Gasteiger partial charge in [-0.3, -0.25) is 0 Å². The molecule has 1 N–H and O–H groups in total. The van der Waals surface area contributed by atoms with Crippen LogP contribution in [0.2, 0.25) is 10.0 Å². The number of ether oxygens (including phenoxy) is 1. The van der Waals surface area contributed by atoms with Crippen molar-refractivity contribution in [3.05, 3.63) is 45.7 Å². The smallest absolute Gasteiger partial charge is 0.410 e. The average molecular weight is 395 g/mol. The second-order valence-corrected chi connectivity index (χ2v) is 7.97. The van der Waals surface area contributed by atoms with Gasteiger partial charge < -0.3 is 15.0 Å². The van der Waals surface area contributed by atoms with E-state index in [4.69, 9.17) is 27.9 Å². The predicted molar refractivity (Wildman–Crippen MR) is 102 cm³/mol. The Labute approximate surface area is 162 Å². The molecule has 8 heteroatoms. The second kappa shape index (κ2) is 7.29. The molecule has 26 heavy (non-hydrogen) atoms. The van der Waals surface area contributed by atoms with Gasteiger partial charge >= 0.3 is 6.09 Å². The Bertz CT molecular complexity index is 816. The summed E-state index contributed by atoms with van der Waals surface area (Å²) < 4.78 is 5.43. The van der Waals surface area contributed by atoms with Crippen LogP contribution >= 0.6 is 23.2 Å². The van der Waals surface area contributed by atoms with Crippen LogP contribution < -0.4 is 5.32 Å². The van der Waals surface area contributed by atoms with Crippen molar-refractivity contribution in [2.75, 3.05) is 11.9 Å². The fourth-order valence-corrected chi connectivity index (χ4v) is 3.14. The van der Waals surface area contributed by atoms with Crippen LogP contribution in [0.5, 0.6) is 0 Å². The normalized spacial score (nSPS) is 14.0. The SMILES string of the molecule is CC(C)(C)OC(=O)N1CCc2nc(Nc3cc(Cl)cc(Cl)c3)ncc2C1. The number of nitrogens with zero attached hydrogens (tertiary/aromatic N) is 3. The lowest BCUT2D eigenvalue weighted by Gasteiger charge is -2.30. The van der Waals surface area contributed by atoms with Gasteiger partial charge in [-0.2, -0.15) is 0 Å². The summed E-state index contributed by atoms with van der Waals surface area (Å²) in [5.41, 5.74) is 2.03. The molecule has 1 amide bonds. The van der Waals surface area contributed by atoms with E-state index in [-0.39, 0.29) is 6.09 Å². The molecule has 0 aliphatic carbocycles. The molecule has 2 heterocycles. The summed E-state index contributed by atoms with van der Waals surface area (Å²) in [5.74, 6) is 0.466. The number of aromatic nitrogens is 2. The summed E-state index contributed by atoms with van der Waals surface area (Å²) in [6, 6.07) is 5.16.